The molecule has 1 saturated heterocycles. The van der Waals surface area contributed by atoms with Gasteiger partial charge in [0.25, 0.3) is 11.5 Å². The maximum Gasteiger partial charge on any atom is 0.261 e. The Kier molecular flexibility index (Phi) is 7.17. The van der Waals surface area contributed by atoms with Crippen LogP contribution in [-0.2, 0) is 20.0 Å². The molecule has 7 heteroatoms. The molecule has 0 radical (unpaired) electrons. The summed E-state index contributed by atoms with van der Waals surface area (Å²) in [4.78, 5) is 32.0. The van der Waals surface area contributed by atoms with E-state index in [9.17, 15) is 14.7 Å². The van der Waals surface area contributed by atoms with Gasteiger partial charge in [-0.2, -0.15) is 0 Å². The number of carbonyl (C=O) groups is 1. The molecule has 1 aromatic heterocycles. The van der Waals surface area contributed by atoms with Gasteiger partial charge < -0.3 is 15.3 Å². The van der Waals surface area contributed by atoms with E-state index >= 15 is 0 Å². The lowest BCUT2D eigenvalue weighted by molar-refractivity contribution is 0.0780. The van der Waals surface area contributed by atoms with Gasteiger partial charge in [-0.3, -0.25) is 14.2 Å². The Bertz CT molecular complexity index is 1450. The maximum absolute atomic E-state index is 13.1. The average molecular weight is 497 g/mol. The molecule has 1 fully saturated rings. The molecule has 4 aromatic rings. The Labute approximate surface area is 216 Å². The summed E-state index contributed by atoms with van der Waals surface area (Å²) < 4.78 is 1.51. The zero-order valence-corrected chi connectivity index (χ0v) is 21.2. The van der Waals surface area contributed by atoms with Crippen molar-refractivity contribution in [1.82, 2.24) is 19.8 Å². The summed E-state index contributed by atoms with van der Waals surface area (Å²) in [7, 11) is 3.41. The van der Waals surface area contributed by atoms with Gasteiger partial charge in [-0.1, -0.05) is 54.6 Å². The van der Waals surface area contributed by atoms with Crippen molar-refractivity contribution >= 4 is 16.8 Å². The van der Waals surface area contributed by atoms with Crippen molar-refractivity contribution < 1.29 is 9.90 Å². The minimum atomic E-state index is -0.515. The summed E-state index contributed by atoms with van der Waals surface area (Å²) in [5, 5.41) is 14.9. The molecule has 3 atom stereocenters. The van der Waals surface area contributed by atoms with E-state index in [0.29, 0.717) is 22.3 Å². The highest BCUT2D eigenvalue weighted by Gasteiger charge is 2.30. The van der Waals surface area contributed by atoms with E-state index in [4.69, 9.17) is 0 Å². The Balaban J connectivity index is 1.20. The monoisotopic (exact) mass is 496 g/mol. The van der Waals surface area contributed by atoms with Crippen LogP contribution in [0.15, 0.2) is 83.7 Å². The van der Waals surface area contributed by atoms with E-state index in [2.05, 4.69) is 10.3 Å². The van der Waals surface area contributed by atoms with E-state index in [1.165, 1.54) is 4.57 Å². The molecule has 0 bridgehead atoms. The number of para-hydroxylation sites is 1. The fourth-order valence-corrected chi connectivity index (χ4v) is 5.12. The summed E-state index contributed by atoms with van der Waals surface area (Å²) >= 11 is 0. The number of aromatic nitrogens is 2. The van der Waals surface area contributed by atoms with Gasteiger partial charge in [0.15, 0.2) is 0 Å². The number of amides is 1. The average Bonchev–Trinajstić information content (AvgIpc) is 3.40. The van der Waals surface area contributed by atoms with E-state index in [0.717, 1.165) is 30.4 Å². The Hall–Kier alpha value is -3.81. The second-order valence-corrected chi connectivity index (χ2v) is 9.87. The number of nitrogens with one attached hydrogen (secondary N) is 1. The van der Waals surface area contributed by atoms with Crippen molar-refractivity contribution in [3.05, 3.63) is 112 Å². The van der Waals surface area contributed by atoms with Crippen molar-refractivity contribution in [1.29, 1.82) is 0 Å². The first-order valence-corrected chi connectivity index (χ1v) is 12.7. The molecule has 2 N–H and O–H groups in total. The van der Waals surface area contributed by atoms with Gasteiger partial charge in [0.1, 0.15) is 5.82 Å². The molecule has 0 saturated carbocycles. The zero-order chi connectivity index (χ0) is 25.9. The molecule has 190 valence electrons. The van der Waals surface area contributed by atoms with Crippen molar-refractivity contribution in [3.8, 4) is 0 Å². The zero-order valence-electron chi connectivity index (χ0n) is 21.2. The lowest BCUT2D eigenvalue weighted by atomic mass is 10.0. The van der Waals surface area contributed by atoms with Gasteiger partial charge in [-0.25, -0.2) is 4.98 Å². The van der Waals surface area contributed by atoms with Crippen LogP contribution >= 0.6 is 0 Å². The van der Waals surface area contributed by atoms with Crippen LogP contribution in [0.3, 0.4) is 0 Å². The minimum Gasteiger partial charge on any atom is -0.387 e. The van der Waals surface area contributed by atoms with Gasteiger partial charge in [-0.15, -0.1) is 0 Å². The largest absolute Gasteiger partial charge is 0.387 e. The van der Waals surface area contributed by atoms with Crippen LogP contribution < -0.4 is 10.9 Å². The van der Waals surface area contributed by atoms with Crippen LogP contribution in [-0.4, -0.2) is 44.6 Å². The van der Waals surface area contributed by atoms with Crippen molar-refractivity contribution in [2.75, 3.05) is 7.05 Å². The predicted octanol–water partition coefficient (Wildman–Crippen LogP) is 3.60. The van der Waals surface area contributed by atoms with Gasteiger partial charge in [0.05, 0.1) is 23.6 Å². The van der Waals surface area contributed by atoms with Crippen molar-refractivity contribution in [2.45, 2.75) is 44.0 Å². The molecule has 1 aliphatic rings. The van der Waals surface area contributed by atoms with Crippen LogP contribution in [0.25, 0.3) is 10.9 Å². The molecule has 1 aliphatic heterocycles. The summed E-state index contributed by atoms with van der Waals surface area (Å²) in [6.07, 6.45) is 2.24. The fourth-order valence-electron chi connectivity index (χ4n) is 5.12. The van der Waals surface area contributed by atoms with Gasteiger partial charge in [0.2, 0.25) is 0 Å². The summed E-state index contributed by atoms with van der Waals surface area (Å²) in [6, 6.07) is 25.0. The van der Waals surface area contributed by atoms with E-state index in [1.807, 2.05) is 72.8 Å². The third-order valence-electron chi connectivity index (χ3n) is 7.28. The van der Waals surface area contributed by atoms with Crippen LogP contribution in [0.2, 0.25) is 0 Å². The molecule has 7 nitrogen and oxygen atoms in total. The molecule has 5 rings (SSSR count). The second-order valence-electron chi connectivity index (χ2n) is 9.87. The first-order valence-electron chi connectivity index (χ1n) is 12.7. The number of nitrogens with zero attached hydrogens (tertiary/aromatic N) is 3. The number of carbonyl (C=O) groups excluding carboxylic acids is 1. The first kappa shape index (κ1) is 24.9. The van der Waals surface area contributed by atoms with Gasteiger partial charge in [-0.05, 0) is 54.7 Å². The third-order valence-corrected chi connectivity index (χ3v) is 7.28. The lowest BCUT2D eigenvalue weighted by Gasteiger charge is -2.21. The standard InChI is InChI=1S/C30H32N4O3/c1-33(19-27-32-25-11-7-6-10-24(25)30(37)34(27)2)29(36)22-14-12-20(13-15-22)18-23-16-17-26(31-23)28(35)21-8-4-3-5-9-21/h3-15,23,26,28,31,35H,16-19H2,1-2H3/t23-,26+,28?/m0/s1. The van der Waals surface area contributed by atoms with Crippen molar-refractivity contribution in [2.24, 2.45) is 7.05 Å². The quantitative estimate of drug-likeness (QED) is 0.408. The molecule has 0 aliphatic carbocycles. The van der Waals surface area contributed by atoms with Gasteiger partial charge >= 0.3 is 0 Å². The number of aliphatic hydroxyl groups excluding tert-OH is 1. The molecule has 1 amide bonds. The Morgan fingerprint density at radius 1 is 1.05 bits per heavy atom. The highest BCUT2D eigenvalue weighted by atomic mass is 16.3. The molecule has 3 aromatic carbocycles. The highest BCUT2D eigenvalue weighted by Crippen LogP contribution is 2.26. The number of hydrogen-bond acceptors (Lipinski definition) is 5. The number of hydrogen-bond donors (Lipinski definition) is 2. The minimum absolute atomic E-state index is 0.0431. The summed E-state index contributed by atoms with van der Waals surface area (Å²) in [6.45, 7) is 0.230. The Morgan fingerprint density at radius 2 is 1.76 bits per heavy atom. The normalized spacial score (nSPS) is 18.1. The maximum atomic E-state index is 13.1. The van der Waals surface area contributed by atoms with Crippen LogP contribution in [0.1, 0.15) is 46.3 Å². The number of aliphatic hydroxyl groups is 1. The molecule has 2 heterocycles. The summed E-state index contributed by atoms with van der Waals surface area (Å²) in [5.41, 5.74) is 3.18. The van der Waals surface area contributed by atoms with Crippen LogP contribution in [0.5, 0.6) is 0 Å². The molecule has 1 unspecified atom stereocenters. The smallest absolute Gasteiger partial charge is 0.261 e. The number of benzene rings is 3. The SMILES string of the molecule is CN(Cc1nc2ccccc2c(=O)n1C)C(=O)c1ccc(C[C@@H]2CC[C@H](C(O)c3ccccc3)N2)cc1. The Morgan fingerprint density at radius 3 is 2.51 bits per heavy atom. The van der Waals surface area contributed by atoms with E-state index < -0.39 is 6.10 Å². The molecular weight excluding hydrogens is 464 g/mol. The van der Waals surface area contributed by atoms with Crippen molar-refractivity contribution in [3.63, 3.8) is 0 Å². The predicted molar refractivity (Wildman–Crippen MR) is 144 cm³/mol. The number of rotatable bonds is 7. The fraction of sp³-hybridized carbons (Fsp3) is 0.300. The molecule has 0 spiro atoms. The lowest BCUT2D eigenvalue weighted by Crippen LogP contribution is -2.35. The topological polar surface area (TPSA) is 87.5 Å². The third kappa shape index (κ3) is 5.33. The van der Waals surface area contributed by atoms with Crippen LogP contribution in [0, 0.1) is 0 Å². The van der Waals surface area contributed by atoms with E-state index in [-0.39, 0.29) is 30.1 Å². The summed E-state index contributed by atoms with van der Waals surface area (Å²) in [5.74, 6) is 0.412. The van der Waals surface area contributed by atoms with Gasteiger partial charge in [0, 0.05) is 31.7 Å². The second kappa shape index (κ2) is 10.7. The van der Waals surface area contributed by atoms with E-state index in [1.54, 1.807) is 25.1 Å². The first-order chi connectivity index (χ1) is 17.9. The molecular formula is C30H32N4O3. The molecule has 37 heavy (non-hydrogen) atoms. The number of fused-ring (bicyclic) bond motifs is 1. The highest BCUT2D eigenvalue weighted by molar-refractivity contribution is 5.94. The van der Waals surface area contributed by atoms with Crippen LogP contribution in [0.4, 0.5) is 0 Å².